The van der Waals surface area contributed by atoms with Crippen LogP contribution in [0.15, 0.2) is 33.2 Å². The quantitative estimate of drug-likeness (QED) is 0.775. The van der Waals surface area contributed by atoms with Gasteiger partial charge in [0.05, 0.1) is 4.47 Å². The SMILES string of the molecule is Cc1c(Br)c(-c2ccc(Br)cc2)nn1C. The van der Waals surface area contributed by atoms with Crippen LogP contribution in [0.1, 0.15) is 5.69 Å². The van der Waals surface area contributed by atoms with Gasteiger partial charge in [0.2, 0.25) is 0 Å². The Morgan fingerprint density at radius 2 is 1.73 bits per heavy atom. The largest absolute Gasteiger partial charge is 0.271 e. The molecule has 0 aliphatic heterocycles. The predicted molar refractivity (Wildman–Crippen MR) is 68.8 cm³/mol. The van der Waals surface area contributed by atoms with Gasteiger partial charge in [-0.25, -0.2) is 0 Å². The molecule has 2 rings (SSSR count). The molecule has 4 heteroatoms. The van der Waals surface area contributed by atoms with E-state index in [9.17, 15) is 0 Å². The lowest BCUT2D eigenvalue weighted by atomic mass is 10.1. The highest BCUT2D eigenvalue weighted by Crippen LogP contribution is 2.30. The number of hydrogen-bond donors (Lipinski definition) is 0. The molecule has 0 saturated heterocycles. The molecule has 0 fully saturated rings. The second-order valence-electron chi connectivity index (χ2n) is 3.38. The zero-order valence-electron chi connectivity index (χ0n) is 8.46. The van der Waals surface area contributed by atoms with Gasteiger partial charge in [0.25, 0.3) is 0 Å². The van der Waals surface area contributed by atoms with Crippen LogP contribution in [0, 0.1) is 6.92 Å². The summed E-state index contributed by atoms with van der Waals surface area (Å²) in [5.41, 5.74) is 3.24. The number of aryl methyl sites for hydroxylation is 1. The van der Waals surface area contributed by atoms with E-state index >= 15 is 0 Å². The summed E-state index contributed by atoms with van der Waals surface area (Å²) in [6.07, 6.45) is 0. The van der Waals surface area contributed by atoms with Gasteiger partial charge in [0.1, 0.15) is 5.69 Å². The number of halogens is 2. The molecule has 0 spiro atoms. The molecule has 0 amide bonds. The average molecular weight is 330 g/mol. The van der Waals surface area contributed by atoms with E-state index in [2.05, 4.69) is 49.1 Å². The Labute approximate surface area is 106 Å². The first kappa shape index (κ1) is 10.9. The third-order valence-electron chi connectivity index (χ3n) is 2.38. The highest BCUT2D eigenvalue weighted by molar-refractivity contribution is 9.10. The topological polar surface area (TPSA) is 17.8 Å². The molecular weight excluding hydrogens is 320 g/mol. The predicted octanol–water partition coefficient (Wildman–Crippen LogP) is 3.92. The normalized spacial score (nSPS) is 10.7. The molecule has 78 valence electrons. The van der Waals surface area contributed by atoms with Crippen molar-refractivity contribution in [3.8, 4) is 11.3 Å². The molecule has 15 heavy (non-hydrogen) atoms. The van der Waals surface area contributed by atoms with Crippen molar-refractivity contribution in [2.24, 2.45) is 7.05 Å². The van der Waals surface area contributed by atoms with Gasteiger partial charge < -0.3 is 0 Å². The summed E-state index contributed by atoms with van der Waals surface area (Å²) in [6, 6.07) is 8.14. The van der Waals surface area contributed by atoms with Crippen molar-refractivity contribution in [1.29, 1.82) is 0 Å². The summed E-state index contributed by atoms with van der Waals surface area (Å²) >= 11 is 6.98. The highest BCUT2D eigenvalue weighted by atomic mass is 79.9. The molecule has 0 radical (unpaired) electrons. The van der Waals surface area contributed by atoms with Crippen LogP contribution in [-0.2, 0) is 7.05 Å². The van der Waals surface area contributed by atoms with E-state index in [1.807, 2.05) is 30.8 Å². The summed E-state index contributed by atoms with van der Waals surface area (Å²) in [4.78, 5) is 0. The average Bonchev–Trinajstić information content (AvgIpc) is 2.47. The van der Waals surface area contributed by atoms with Crippen LogP contribution in [-0.4, -0.2) is 9.78 Å². The number of nitrogens with zero attached hydrogens (tertiary/aromatic N) is 2. The van der Waals surface area contributed by atoms with Gasteiger partial charge in [-0.2, -0.15) is 5.10 Å². The van der Waals surface area contributed by atoms with Crippen LogP contribution in [0.3, 0.4) is 0 Å². The lowest BCUT2D eigenvalue weighted by molar-refractivity contribution is 0.742. The Kier molecular flexibility index (Phi) is 2.98. The first-order valence-corrected chi connectivity index (χ1v) is 6.13. The molecule has 1 aromatic carbocycles. The third-order valence-corrected chi connectivity index (χ3v) is 3.86. The van der Waals surface area contributed by atoms with Crippen molar-refractivity contribution < 1.29 is 0 Å². The fourth-order valence-corrected chi connectivity index (χ4v) is 2.20. The van der Waals surface area contributed by atoms with Gasteiger partial charge in [-0.1, -0.05) is 28.1 Å². The van der Waals surface area contributed by atoms with Crippen LogP contribution in [0.25, 0.3) is 11.3 Å². The molecular formula is C11H10Br2N2. The van der Waals surface area contributed by atoms with Crippen LogP contribution < -0.4 is 0 Å². The van der Waals surface area contributed by atoms with E-state index in [1.165, 1.54) is 0 Å². The summed E-state index contributed by atoms with van der Waals surface area (Å²) in [6.45, 7) is 2.04. The number of benzene rings is 1. The molecule has 0 atom stereocenters. The Morgan fingerprint density at radius 1 is 1.13 bits per heavy atom. The molecule has 0 unspecified atom stereocenters. The van der Waals surface area contributed by atoms with Crippen molar-refractivity contribution in [3.63, 3.8) is 0 Å². The minimum Gasteiger partial charge on any atom is -0.271 e. The Balaban J connectivity index is 2.54. The van der Waals surface area contributed by atoms with E-state index in [4.69, 9.17) is 0 Å². The summed E-state index contributed by atoms with van der Waals surface area (Å²) < 4.78 is 4.02. The molecule has 2 nitrogen and oxygen atoms in total. The zero-order chi connectivity index (χ0) is 11.0. The van der Waals surface area contributed by atoms with Crippen LogP contribution in [0.2, 0.25) is 0 Å². The van der Waals surface area contributed by atoms with Gasteiger partial charge in [0, 0.05) is 22.8 Å². The lowest BCUT2D eigenvalue weighted by Gasteiger charge is -1.97. The van der Waals surface area contributed by atoms with E-state index < -0.39 is 0 Å². The number of rotatable bonds is 1. The van der Waals surface area contributed by atoms with Crippen LogP contribution in [0.4, 0.5) is 0 Å². The standard InChI is InChI=1S/C11H10Br2N2/c1-7-10(13)11(14-15(7)2)8-3-5-9(12)6-4-8/h3-6H,1-2H3. The fraction of sp³-hybridized carbons (Fsp3) is 0.182. The Bertz CT molecular complexity index is 486. The monoisotopic (exact) mass is 328 g/mol. The van der Waals surface area contributed by atoms with Crippen molar-refractivity contribution in [2.45, 2.75) is 6.92 Å². The Hall–Kier alpha value is -0.610. The molecule has 2 aromatic rings. The first-order chi connectivity index (χ1) is 7.09. The smallest absolute Gasteiger partial charge is 0.107 e. The van der Waals surface area contributed by atoms with E-state index in [1.54, 1.807) is 0 Å². The maximum atomic E-state index is 4.46. The highest BCUT2D eigenvalue weighted by Gasteiger charge is 2.11. The van der Waals surface area contributed by atoms with Crippen LogP contribution >= 0.6 is 31.9 Å². The molecule has 0 N–H and O–H groups in total. The third kappa shape index (κ3) is 2.01. The zero-order valence-corrected chi connectivity index (χ0v) is 11.6. The fourth-order valence-electron chi connectivity index (χ4n) is 1.37. The molecule has 0 aliphatic carbocycles. The van der Waals surface area contributed by atoms with Gasteiger partial charge in [-0.05, 0) is 35.0 Å². The Morgan fingerprint density at radius 3 is 2.20 bits per heavy atom. The van der Waals surface area contributed by atoms with Crippen molar-refractivity contribution in [1.82, 2.24) is 9.78 Å². The van der Waals surface area contributed by atoms with Crippen molar-refractivity contribution in [3.05, 3.63) is 38.9 Å². The molecule has 0 bridgehead atoms. The maximum Gasteiger partial charge on any atom is 0.107 e. The van der Waals surface area contributed by atoms with Crippen LogP contribution in [0.5, 0.6) is 0 Å². The van der Waals surface area contributed by atoms with E-state index in [0.717, 1.165) is 25.9 Å². The lowest BCUT2D eigenvalue weighted by Crippen LogP contribution is -1.92. The summed E-state index contributed by atoms with van der Waals surface area (Å²) in [5.74, 6) is 0. The second kappa shape index (κ2) is 4.10. The minimum absolute atomic E-state index is 0.988. The number of aromatic nitrogens is 2. The summed E-state index contributed by atoms with van der Waals surface area (Å²) in [7, 11) is 1.95. The molecule has 1 heterocycles. The van der Waals surface area contributed by atoms with Gasteiger partial charge >= 0.3 is 0 Å². The van der Waals surface area contributed by atoms with Gasteiger partial charge in [-0.3, -0.25) is 4.68 Å². The van der Waals surface area contributed by atoms with E-state index in [0.29, 0.717) is 0 Å². The van der Waals surface area contributed by atoms with Crippen molar-refractivity contribution in [2.75, 3.05) is 0 Å². The maximum absolute atomic E-state index is 4.46. The first-order valence-electron chi connectivity index (χ1n) is 4.54. The molecule has 0 aliphatic rings. The summed E-state index contributed by atoms with van der Waals surface area (Å²) in [5, 5.41) is 4.46. The van der Waals surface area contributed by atoms with E-state index in [-0.39, 0.29) is 0 Å². The second-order valence-corrected chi connectivity index (χ2v) is 5.09. The molecule has 0 saturated carbocycles. The molecule has 1 aromatic heterocycles. The number of hydrogen-bond acceptors (Lipinski definition) is 1. The van der Waals surface area contributed by atoms with Crippen molar-refractivity contribution >= 4 is 31.9 Å². The van der Waals surface area contributed by atoms with Gasteiger partial charge in [0.15, 0.2) is 0 Å². The van der Waals surface area contributed by atoms with Gasteiger partial charge in [-0.15, -0.1) is 0 Å². The minimum atomic E-state index is 0.988.